The second kappa shape index (κ2) is 10.4. The van der Waals surface area contributed by atoms with Crippen molar-refractivity contribution in [2.45, 2.75) is 13.5 Å². The van der Waals surface area contributed by atoms with Crippen molar-refractivity contribution >= 4 is 35.5 Å². The highest BCUT2D eigenvalue weighted by Gasteiger charge is 2.17. The highest BCUT2D eigenvalue weighted by Crippen LogP contribution is 2.20. The number of carbonyl (C=O) groups is 1. The largest absolute Gasteiger partial charge is 0.456 e. The Labute approximate surface area is 199 Å². The fraction of sp³-hybridized carbons (Fsp3) is 0.227. The van der Waals surface area contributed by atoms with Gasteiger partial charge in [-0.1, -0.05) is 47.1 Å². The second-order valence-electron chi connectivity index (χ2n) is 7.13. The number of aromatic nitrogens is 3. The lowest BCUT2D eigenvalue weighted by molar-refractivity contribution is 0.0555. The molecule has 2 aromatic carbocycles. The average Bonchev–Trinajstić information content (AvgIpc) is 2.82. The molecule has 0 amide bonds. The van der Waals surface area contributed by atoms with Gasteiger partial charge in [0.05, 0.1) is 22.0 Å². The maximum absolute atomic E-state index is 12.7. The van der Waals surface area contributed by atoms with Gasteiger partial charge in [-0.05, 0) is 42.9 Å². The molecule has 172 valence electrons. The number of hydrogen-bond donors (Lipinski definition) is 0. The van der Waals surface area contributed by atoms with Crippen LogP contribution in [0.25, 0.3) is 5.69 Å². The van der Waals surface area contributed by atoms with Crippen molar-refractivity contribution in [3.8, 4) is 5.69 Å². The Bertz CT molecular complexity index is 1350. The molecule has 0 spiro atoms. The van der Waals surface area contributed by atoms with Gasteiger partial charge in [-0.2, -0.15) is 0 Å². The smallest absolute Gasteiger partial charge is 0.338 e. The van der Waals surface area contributed by atoms with Gasteiger partial charge in [0.25, 0.3) is 0 Å². The maximum atomic E-state index is 12.7. The molecule has 0 atom stereocenters. The first-order valence-corrected chi connectivity index (χ1v) is 10.5. The van der Waals surface area contributed by atoms with E-state index in [0.717, 1.165) is 19.3 Å². The van der Waals surface area contributed by atoms with Gasteiger partial charge in [-0.3, -0.25) is 9.13 Å². The first kappa shape index (κ1) is 24.1. The topological polar surface area (TPSA) is 96.8 Å². The highest BCUT2D eigenvalue weighted by atomic mass is 35.5. The zero-order valence-electron chi connectivity index (χ0n) is 18.1. The number of nitrogens with zero attached hydrogens (tertiary/aromatic N) is 4. The number of ether oxygens (including phenoxy) is 1. The molecule has 1 aromatic heterocycles. The van der Waals surface area contributed by atoms with E-state index in [1.807, 2.05) is 30.3 Å². The van der Waals surface area contributed by atoms with Gasteiger partial charge >= 0.3 is 17.3 Å². The van der Waals surface area contributed by atoms with E-state index >= 15 is 0 Å². The maximum Gasteiger partial charge on any atom is 0.338 e. The van der Waals surface area contributed by atoms with Gasteiger partial charge in [0.15, 0.2) is 4.77 Å². The predicted octanol–water partition coefficient (Wildman–Crippen LogP) is 3.01. The van der Waals surface area contributed by atoms with E-state index in [9.17, 15) is 14.4 Å². The van der Waals surface area contributed by atoms with Crippen LogP contribution in [0.4, 0.5) is 0 Å². The van der Waals surface area contributed by atoms with Crippen molar-refractivity contribution in [1.29, 1.82) is 0 Å². The van der Waals surface area contributed by atoms with Crippen LogP contribution in [0.15, 0.2) is 63.3 Å². The average molecular weight is 489 g/mol. The van der Waals surface area contributed by atoms with Crippen LogP contribution in [0.5, 0.6) is 0 Å². The second-order valence-corrected chi connectivity index (χ2v) is 7.90. The van der Waals surface area contributed by atoms with Crippen molar-refractivity contribution in [2.24, 2.45) is 19.3 Å². The standard InChI is InChI=1S/C22H21ClN4O5S/c1-14(24-32-13-15-7-5-4-6-8-15)12-31-19(28)16-9-10-17(23)18(11-16)27-20(29)25(2)22(33)26(3)21(27)30/h4-11H,12-13H2,1-3H3. The monoisotopic (exact) mass is 488 g/mol. The molecule has 0 aliphatic carbocycles. The summed E-state index contributed by atoms with van der Waals surface area (Å²) in [5, 5.41) is 4.04. The molecule has 1 heterocycles. The number of hydrogen-bond acceptors (Lipinski definition) is 7. The summed E-state index contributed by atoms with van der Waals surface area (Å²) >= 11 is 11.3. The minimum atomic E-state index is -0.686. The zero-order valence-corrected chi connectivity index (χ0v) is 19.7. The Hall–Kier alpha value is -3.50. The number of benzene rings is 2. The van der Waals surface area contributed by atoms with E-state index in [4.69, 9.17) is 33.4 Å². The molecule has 0 saturated heterocycles. The van der Waals surface area contributed by atoms with Crippen molar-refractivity contribution in [2.75, 3.05) is 6.61 Å². The summed E-state index contributed by atoms with van der Waals surface area (Å²) in [6.45, 7) is 1.84. The van der Waals surface area contributed by atoms with Gasteiger partial charge in [0, 0.05) is 14.1 Å². The lowest BCUT2D eigenvalue weighted by Crippen LogP contribution is -2.43. The van der Waals surface area contributed by atoms with Crippen LogP contribution >= 0.6 is 23.8 Å². The van der Waals surface area contributed by atoms with E-state index in [0.29, 0.717) is 5.71 Å². The van der Waals surface area contributed by atoms with Crippen LogP contribution in [0.1, 0.15) is 22.8 Å². The Morgan fingerprint density at radius 1 is 1.06 bits per heavy atom. The van der Waals surface area contributed by atoms with Crippen LogP contribution in [-0.2, 0) is 30.3 Å². The quantitative estimate of drug-likeness (QED) is 0.219. The summed E-state index contributed by atoms with van der Waals surface area (Å²) in [7, 11) is 2.88. The molecular formula is C22H21ClN4O5S. The molecule has 0 radical (unpaired) electrons. The van der Waals surface area contributed by atoms with Crippen molar-refractivity contribution < 1.29 is 14.4 Å². The molecule has 0 aliphatic heterocycles. The summed E-state index contributed by atoms with van der Waals surface area (Å²) in [5.74, 6) is -0.681. The van der Waals surface area contributed by atoms with Crippen molar-refractivity contribution in [1.82, 2.24) is 13.7 Å². The van der Waals surface area contributed by atoms with E-state index < -0.39 is 17.3 Å². The zero-order chi connectivity index (χ0) is 24.1. The van der Waals surface area contributed by atoms with Gasteiger partial charge in [-0.25, -0.2) is 19.0 Å². The summed E-state index contributed by atoms with van der Waals surface area (Å²) in [6.07, 6.45) is 0. The van der Waals surface area contributed by atoms with E-state index in [-0.39, 0.29) is 34.3 Å². The van der Waals surface area contributed by atoms with Crippen molar-refractivity contribution in [3.05, 3.63) is 90.4 Å². The summed E-state index contributed by atoms with van der Waals surface area (Å²) in [6, 6.07) is 13.7. The van der Waals surface area contributed by atoms with Gasteiger partial charge in [0.2, 0.25) is 0 Å². The van der Waals surface area contributed by atoms with E-state index in [1.54, 1.807) is 6.92 Å². The normalized spacial score (nSPS) is 11.3. The third-order valence-corrected chi connectivity index (χ3v) is 5.53. The SMILES string of the molecule is CC(COC(=O)c1ccc(Cl)c(-n2c(=O)n(C)c(=S)n(C)c2=O)c1)=NOCc1ccccc1. The molecule has 33 heavy (non-hydrogen) atoms. The van der Waals surface area contributed by atoms with Crippen LogP contribution in [-0.4, -0.2) is 32.0 Å². The Balaban J connectivity index is 1.77. The molecule has 3 rings (SSSR count). The summed E-state index contributed by atoms with van der Waals surface area (Å²) in [4.78, 5) is 43.1. The molecule has 0 aliphatic rings. The molecule has 3 aromatic rings. The number of oxime groups is 1. The van der Waals surface area contributed by atoms with Gasteiger partial charge < -0.3 is 9.57 Å². The first-order valence-electron chi connectivity index (χ1n) is 9.76. The van der Waals surface area contributed by atoms with Gasteiger partial charge in [-0.15, -0.1) is 0 Å². The van der Waals surface area contributed by atoms with Crippen LogP contribution in [0.2, 0.25) is 5.02 Å². The minimum Gasteiger partial charge on any atom is -0.456 e. The number of halogens is 1. The predicted molar refractivity (Wildman–Crippen MR) is 127 cm³/mol. The van der Waals surface area contributed by atoms with E-state index in [2.05, 4.69) is 5.16 Å². The summed E-state index contributed by atoms with van der Waals surface area (Å²) < 4.78 is 8.43. The Morgan fingerprint density at radius 2 is 1.70 bits per heavy atom. The van der Waals surface area contributed by atoms with E-state index in [1.165, 1.54) is 32.3 Å². The Morgan fingerprint density at radius 3 is 2.33 bits per heavy atom. The molecular weight excluding hydrogens is 468 g/mol. The number of esters is 1. The fourth-order valence-electron chi connectivity index (χ4n) is 2.86. The van der Waals surface area contributed by atoms with Crippen LogP contribution in [0.3, 0.4) is 0 Å². The first-order chi connectivity index (χ1) is 15.7. The molecule has 0 unspecified atom stereocenters. The molecule has 0 N–H and O–H groups in total. The van der Waals surface area contributed by atoms with Gasteiger partial charge in [0.1, 0.15) is 13.2 Å². The number of carbonyl (C=O) groups excluding carboxylic acids is 1. The third kappa shape index (κ3) is 5.47. The molecule has 0 bridgehead atoms. The number of rotatable bonds is 7. The highest BCUT2D eigenvalue weighted by molar-refractivity contribution is 7.71. The molecule has 9 nitrogen and oxygen atoms in total. The Kier molecular flexibility index (Phi) is 7.62. The van der Waals surface area contributed by atoms with Crippen LogP contribution < -0.4 is 11.4 Å². The lowest BCUT2D eigenvalue weighted by Gasteiger charge is -2.13. The lowest BCUT2D eigenvalue weighted by atomic mass is 10.2. The fourth-order valence-corrected chi connectivity index (χ4v) is 3.22. The third-order valence-electron chi connectivity index (χ3n) is 4.66. The molecule has 11 heteroatoms. The van der Waals surface area contributed by atoms with Crippen LogP contribution in [0, 0.1) is 4.77 Å². The molecule has 0 fully saturated rings. The summed E-state index contributed by atoms with van der Waals surface area (Å²) in [5.41, 5.74) is 0.179. The molecule has 0 saturated carbocycles. The minimum absolute atomic E-state index is 0.0406. The van der Waals surface area contributed by atoms with Crippen molar-refractivity contribution in [3.63, 3.8) is 0 Å².